The van der Waals surface area contributed by atoms with Crippen LogP contribution in [0, 0.1) is 0 Å². The molecule has 0 spiro atoms. The zero-order chi connectivity index (χ0) is 9.10. The summed E-state index contributed by atoms with van der Waals surface area (Å²) in [5.74, 6) is 0. The van der Waals surface area contributed by atoms with Gasteiger partial charge in [0.1, 0.15) is 0 Å². The third-order valence-electron chi connectivity index (χ3n) is 2.52. The Balaban J connectivity index is 1.92. The number of hydrogen-bond donors (Lipinski definition) is 2. The Bertz CT molecular complexity index is 260. The quantitative estimate of drug-likeness (QED) is 0.684. The molecule has 1 heterocycles. The lowest BCUT2D eigenvalue weighted by Gasteiger charge is -2.09. The van der Waals surface area contributed by atoms with Crippen LogP contribution in [0.25, 0.3) is 0 Å². The van der Waals surface area contributed by atoms with Gasteiger partial charge in [0.05, 0.1) is 0 Å². The zero-order valence-electron chi connectivity index (χ0n) is 7.61. The van der Waals surface area contributed by atoms with E-state index in [0.717, 1.165) is 13.0 Å². The van der Waals surface area contributed by atoms with E-state index in [4.69, 9.17) is 0 Å². The molecule has 70 valence electrons. The van der Waals surface area contributed by atoms with E-state index in [9.17, 15) is 0 Å². The minimum Gasteiger partial charge on any atom is -0.313 e. The van der Waals surface area contributed by atoms with E-state index in [1.54, 1.807) is 0 Å². The lowest BCUT2D eigenvalue weighted by Crippen LogP contribution is -2.23. The molecule has 0 aliphatic carbocycles. The van der Waals surface area contributed by atoms with Gasteiger partial charge in [-0.15, -0.1) is 0 Å². The monoisotopic (exact) mass is 193 g/mol. The van der Waals surface area contributed by atoms with Crippen LogP contribution < -0.4 is 5.32 Å². The van der Waals surface area contributed by atoms with Crippen molar-refractivity contribution in [3.05, 3.63) is 35.9 Å². The van der Waals surface area contributed by atoms with E-state index in [1.807, 2.05) is 0 Å². The minimum atomic E-state index is 0.550. The first-order valence-corrected chi connectivity index (χ1v) is 5.31. The molecule has 0 radical (unpaired) electrons. The number of hydrogen-bond acceptors (Lipinski definition) is 2. The van der Waals surface area contributed by atoms with E-state index >= 15 is 0 Å². The third-order valence-corrected chi connectivity index (χ3v) is 2.92. The molecule has 0 amide bonds. The van der Waals surface area contributed by atoms with Crippen LogP contribution in [-0.4, -0.2) is 17.8 Å². The standard InChI is InChI=1S/C11H15NS/c13-11-7-10(12-8-11)6-9-4-2-1-3-5-9/h1-5,10-13H,6-8H2. The van der Waals surface area contributed by atoms with Crippen molar-refractivity contribution in [3.63, 3.8) is 0 Å². The predicted octanol–water partition coefficient (Wildman–Crippen LogP) is 1.89. The van der Waals surface area contributed by atoms with Crippen LogP contribution in [-0.2, 0) is 6.42 Å². The van der Waals surface area contributed by atoms with Crippen LogP contribution in [0.5, 0.6) is 0 Å². The third kappa shape index (κ3) is 2.48. The average Bonchev–Trinajstić information content (AvgIpc) is 2.53. The molecular weight excluding hydrogens is 178 g/mol. The topological polar surface area (TPSA) is 12.0 Å². The number of rotatable bonds is 2. The molecule has 1 aliphatic rings. The van der Waals surface area contributed by atoms with Gasteiger partial charge in [-0.2, -0.15) is 12.6 Å². The summed E-state index contributed by atoms with van der Waals surface area (Å²) in [4.78, 5) is 0. The summed E-state index contributed by atoms with van der Waals surface area (Å²) >= 11 is 4.46. The van der Waals surface area contributed by atoms with E-state index in [1.165, 1.54) is 12.0 Å². The van der Waals surface area contributed by atoms with Gasteiger partial charge in [-0.1, -0.05) is 30.3 Å². The maximum Gasteiger partial charge on any atom is 0.0157 e. The molecule has 0 saturated carbocycles. The van der Waals surface area contributed by atoms with Crippen LogP contribution >= 0.6 is 12.6 Å². The van der Waals surface area contributed by atoms with Crippen LogP contribution in [0.15, 0.2) is 30.3 Å². The second-order valence-corrected chi connectivity index (χ2v) is 4.41. The van der Waals surface area contributed by atoms with E-state index in [2.05, 4.69) is 48.3 Å². The van der Waals surface area contributed by atoms with Gasteiger partial charge in [-0.25, -0.2) is 0 Å². The Morgan fingerprint density at radius 3 is 2.69 bits per heavy atom. The molecule has 2 rings (SSSR count). The van der Waals surface area contributed by atoms with Gasteiger partial charge in [0.15, 0.2) is 0 Å². The number of thiol groups is 1. The van der Waals surface area contributed by atoms with Gasteiger partial charge < -0.3 is 5.32 Å². The summed E-state index contributed by atoms with van der Waals surface area (Å²) in [6, 6.07) is 11.3. The Morgan fingerprint density at radius 2 is 2.08 bits per heavy atom. The Labute approximate surface area is 85.0 Å². The molecule has 2 atom stereocenters. The highest BCUT2D eigenvalue weighted by Crippen LogP contribution is 2.15. The molecule has 0 aromatic heterocycles. The lowest BCUT2D eigenvalue weighted by molar-refractivity contribution is 0.604. The first-order valence-electron chi connectivity index (χ1n) is 4.80. The second kappa shape index (κ2) is 4.16. The molecule has 2 unspecified atom stereocenters. The maximum absolute atomic E-state index is 4.46. The Morgan fingerprint density at radius 1 is 1.31 bits per heavy atom. The van der Waals surface area contributed by atoms with Gasteiger partial charge in [0.2, 0.25) is 0 Å². The molecule has 1 aliphatic heterocycles. The highest BCUT2D eigenvalue weighted by molar-refractivity contribution is 7.81. The molecule has 1 fully saturated rings. The fourth-order valence-electron chi connectivity index (χ4n) is 1.85. The Kier molecular flexibility index (Phi) is 2.91. The molecule has 1 aromatic rings. The number of nitrogens with one attached hydrogen (secondary N) is 1. The molecule has 0 bridgehead atoms. The van der Waals surface area contributed by atoms with Gasteiger partial charge in [0.25, 0.3) is 0 Å². The normalized spacial score (nSPS) is 27.8. The van der Waals surface area contributed by atoms with Gasteiger partial charge in [-0.05, 0) is 18.4 Å². The second-order valence-electron chi connectivity index (χ2n) is 3.68. The highest BCUT2D eigenvalue weighted by Gasteiger charge is 2.20. The van der Waals surface area contributed by atoms with Crippen molar-refractivity contribution in [2.75, 3.05) is 6.54 Å². The summed E-state index contributed by atoms with van der Waals surface area (Å²) < 4.78 is 0. The van der Waals surface area contributed by atoms with Crippen LogP contribution in [0.2, 0.25) is 0 Å². The van der Waals surface area contributed by atoms with E-state index in [0.29, 0.717) is 11.3 Å². The predicted molar refractivity (Wildman–Crippen MR) is 59.3 cm³/mol. The van der Waals surface area contributed by atoms with Crippen LogP contribution in [0.4, 0.5) is 0 Å². The van der Waals surface area contributed by atoms with Crippen molar-refractivity contribution >= 4 is 12.6 Å². The molecule has 1 aromatic carbocycles. The number of benzene rings is 1. The minimum absolute atomic E-state index is 0.550. The summed E-state index contributed by atoms with van der Waals surface area (Å²) in [5.41, 5.74) is 1.42. The lowest BCUT2D eigenvalue weighted by atomic mass is 10.1. The fraction of sp³-hybridized carbons (Fsp3) is 0.455. The van der Waals surface area contributed by atoms with Crippen molar-refractivity contribution < 1.29 is 0 Å². The molecule has 1 saturated heterocycles. The molecule has 2 heteroatoms. The summed E-state index contributed by atoms with van der Waals surface area (Å²) in [6.45, 7) is 1.06. The largest absolute Gasteiger partial charge is 0.313 e. The molecule has 1 N–H and O–H groups in total. The Hall–Kier alpha value is -0.470. The van der Waals surface area contributed by atoms with Crippen molar-refractivity contribution in [1.82, 2.24) is 5.32 Å². The summed E-state index contributed by atoms with van der Waals surface area (Å²) in [6.07, 6.45) is 2.33. The van der Waals surface area contributed by atoms with Gasteiger partial charge >= 0.3 is 0 Å². The fourth-order valence-corrected chi connectivity index (χ4v) is 2.21. The van der Waals surface area contributed by atoms with Gasteiger partial charge in [-0.3, -0.25) is 0 Å². The first-order chi connectivity index (χ1) is 6.34. The maximum atomic E-state index is 4.46. The van der Waals surface area contributed by atoms with E-state index < -0.39 is 0 Å². The van der Waals surface area contributed by atoms with Crippen molar-refractivity contribution in [2.45, 2.75) is 24.1 Å². The highest BCUT2D eigenvalue weighted by atomic mass is 32.1. The average molecular weight is 193 g/mol. The zero-order valence-corrected chi connectivity index (χ0v) is 8.50. The van der Waals surface area contributed by atoms with Crippen molar-refractivity contribution in [1.29, 1.82) is 0 Å². The van der Waals surface area contributed by atoms with Gasteiger partial charge in [0, 0.05) is 17.8 Å². The van der Waals surface area contributed by atoms with Crippen LogP contribution in [0.3, 0.4) is 0 Å². The molecular formula is C11H15NS. The molecule has 1 nitrogen and oxygen atoms in total. The summed E-state index contributed by atoms with van der Waals surface area (Å²) in [5, 5.41) is 4.03. The first kappa shape index (κ1) is 9.10. The SMILES string of the molecule is SC1CNC(Cc2ccccc2)C1. The smallest absolute Gasteiger partial charge is 0.0157 e. The van der Waals surface area contributed by atoms with Crippen molar-refractivity contribution in [2.24, 2.45) is 0 Å². The van der Waals surface area contributed by atoms with Crippen LogP contribution in [0.1, 0.15) is 12.0 Å². The van der Waals surface area contributed by atoms with Crippen molar-refractivity contribution in [3.8, 4) is 0 Å². The van der Waals surface area contributed by atoms with E-state index in [-0.39, 0.29) is 0 Å². The summed E-state index contributed by atoms with van der Waals surface area (Å²) in [7, 11) is 0. The molecule has 13 heavy (non-hydrogen) atoms.